The van der Waals surface area contributed by atoms with Gasteiger partial charge >= 0.3 is 0 Å². The van der Waals surface area contributed by atoms with Gasteiger partial charge in [-0.2, -0.15) is 0 Å². The fourth-order valence-corrected chi connectivity index (χ4v) is 4.49. The Labute approximate surface area is 186 Å². The predicted molar refractivity (Wildman–Crippen MR) is 122 cm³/mol. The van der Waals surface area contributed by atoms with E-state index in [9.17, 15) is 9.90 Å². The summed E-state index contributed by atoms with van der Waals surface area (Å²) in [5.74, 6) is -0.181. The first-order valence-electron chi connectivity index (χ1n) is 10.2. The lowest BCUT2D eigenvalue weighted by Crippen LogP contribution is -2.45. The quantitative estimate of drug-likeness (QED) is 0.536. The molecule has 2 aromatic carbocycles. The van der Waals surface area contributed by atoms with Crippen molar-refractivity contribution in [3.8, 4) is 16.9 Å². The number of rotatable bonds is 4. The fourth-order valence-electron chi connectivity index (χ4n) is 4.14. The van der Waals surface area contributed by atoms with Gasteiger partial charge in [-0.1, -0.05) is 60.3 Å². The van der Waals surface area contributed by atoms with E-state index in [-0.39, 0.29) is 11.9 Å². The number of nitrogens with one attached hydrogen (secondary N) is 1. The molecule has 2 atom stereocenters. The zero-order chi connectivity index (χ0) is 21.3. The topological polar surface area (TPSA) is 54.3 Å². The Kier molecular flexibility index (Phi) is 6.19. The van der Waals surface area contributed by atoms with E-state index < -0.39 is 6.10 Å². The van der Waals surface area contributed by atoms with E-state index >= 15 is 0 Å². The summed E-state index contributed by atoms with van der Waals surface area (Å²) in [4.78, 5) is 13.2. The molecule has 1 aliphatic rings. The van der Waals surface area contributed by atoms with E-state index in [4.69, 9.17) is 23.2 Å². The Morgan fingerprint density at radius 1 is 1.07 bits per heavy atom. The van der Waals surface area contributed by atoms with Crippen LogP contribution >= 0.6 is 23.2 Å². The van der Waals surface area contributed by atoms with Crippen LogP contribution in [0.2, 0.25) is 10.0 Å². The largest absolute Gasteiger partial charge is 0.391 e. The van der Waals surface area contributed by atoms with Crippen molar-refractivity contribution < 1.29 is 9.90 Å². The standard InChI is InChI=1S/C24H24Cl2N2O2/c1-15-18(24(30)27-20-7-3-5-9-23(20)29)14-22(16-10-12-17(25)13-11-16)28(15)21-8-4-2-6-19(21)26/h2,4,6,8,10-14,20,23,29H,3,5,7,9H2,1H3,(H,27,30). The number of hydrogen-bond acceptors (Lipinski definition) is 2. The molecule has 3 aromatic rings. The normalized spacial score (nSPS) is 18.9. The summed E-state index contributed by atoms with van der Waals surface area (Å²) in [6.07, 6.45) is 3.03. The van der Waals surface area contributed by atoms with Gasteiger partial charge in [0.2, 0.25) is 0 Å². The number of aliphatic hydroxyl groups excluding tert-OH is 1. The van der Waals surface area contributed by atoms with Crippen LogP contribution in [-0.4, -0.2) is 27.7 Å². The van der Waals surface area contributed by atoms with Crippen LogP contribution in [0.3, 0.4) is 0 Å². The van der Waals surface area contributed by atoms with Crippen LogP contribution in [0.4, 0.5) is 0 Å². The molecule has 0 saturated heterocycles. The number of carbonyl (C=O) groups is 1. The Morgan fingerprint density at radius 2 is 1.77 bits per heavy atom. The summed E-state index contributed by atoms with van der Waals surface area (Å²) in [5, 5.41) is 14.5. The fraction of sp³-hybridized carbons (Fsp3) is 0.292. The Morgan fingerprint density at radius 3 is 2.47 bits per heavy atom. The minimum atomic E-state index is -0.496. The third-order valence-corrected chi connectivity index (χ3v) is 6.34. The molecular formula is C24H24Cl2N2O2. The maximum Gasteiger partial charge on any atom is 0.253 e. The number of amides is 1. The molecule has 0 bridgehead atoms. The molecule has 1 aromatic heterocycles. The molecule has 156 valence electrons. The summed E-state index contributed by atoms with van der Waals surface area (Å²) in [7, 11) is 0. The first kappa shape index (κ1) is 21.0. The number of carbonyl (C=O) groups excluding carboxylic acids is 1. The first-order chi connectivity index (χ1) is 14.5. The van der Waals surface area contributed by atoms with Crippen molar-refractivity contribution in [3.63, 3.8) is 0 Å². The summed E-state index contributed by atoms with van der Waals surface area (Å²) in [5.41, 5.74) is 3.94. The van der Waals surface area contributed by atoms with Gasteiger partial charge in [0.1, 0.15) is 0 Å². The molecule has 0 aliphatic heterocycles. The van der Waals surface area contributed by atoms with E-state index in [2.05, 4.69) is 5.32 Å². The zero-order valence-electron chi connectivity index (χ0n) is 16.7. The van der Waals surface area contributed by atoms with E-state index in [1.165, 1.54) is 0 Å². The van der Waals surface area contributed by atoms with Crippen LogP contribution in [0, 0.1) is 6.92 Å². The molecule has 4 rings (SSSR count). The van der Waals surface area contributed by atoms with Crippen molar-refractivity contribution >= 4 is 29.1 Å². The Balaban J connectivity index is 1.78. The molecule has 1 fully saturated rings. The van der Waals surface area contributed by atoms with Gasteiger partial charge in [-0.15, -0.1) is 0 Å². The lowest BCUT2D eigenvalue weighted by molar-refractivity contribution is 0.0717. The molecule has 6 heteroatoms. The highest BCUT2D eigenvalue weighted by molar-refractivity contribution is 6.32. The minimum Gasteiger partial charge on any atom is -0.391 e. The summed E-state index contributed by atoms with van der Waals surface area (Å²) < 4.78 is 2.00. The second-order valence-electron chi connectivity index (χ2n) is 7.75. The molecule has 0 spiro atoms. The lowest BCUT2D eigenvalue weighted by Gasteiger charge is -2.28. The van der Waals surface area contributed by atoms with Gasteiger partial charge in [-0.25, -0.2) is 0 Å². The van der Waals surface area contributed by atoms with Crippen LogP contribution in [0.1, 0.15) is 41.7 Å². The maximum atomic E-state index is 13.2. The predicted octanol–water partition coefficient (Wildman–Crippen LogP) is 5.79. The van der Waals surface area contributed by atoms with Crippen molar-refractivity contribution in [2.45, 2.75) is 44.8 Å². The number of benzene rings is 2. The minimum absolute atomic E-state index is 0.181. The Bertz CT molecular complexity index is 1060. The monoisotopic (exact) mass is 442 g/mol. The van der Waals surface area contributed by atoms with Crippen molar-refractivity contribution in [2.75, 3.05) is 0 Å². The summed E-state index contributed by atoms with van der Waals surface area (Å²) in [6.45, 7) is 1.91. The zero-order valence-corrected chi connectivity index (χ0v) is 18.2. The van der Waals surface area contributed by atoms with E-state index in [1.807, 2.05) is 66.1 Å². The highest BCUT2D eigenvalue weighted by Crippen LogP contribution is 2.33. The number of nitrogens with zero attached hydrogens (tertiary/aromatic N) is 1. The highest BCUT2D eigenvalue weighted by atomic mass is 35.5. The molecule has 1 aliphatic carbocycles. The van der Waals surface area contributed by atoms with Crippen LogP contribution in [0.5, 0.6) is 0 Å². The first-order valence-corrected chi connectivity index (χ1v) is 10.9. The molecule has 1 saturated carbocycles. The molecule has 0 radical (unpaired) electrons. The summed E-state index contributed by atoms with van der Waals surface area (Å²) in [6, 6.07) is 16.7. The number of halogens is 2. The maximum absolute atomic E-state index is 13.2. The van der Waals surface area contributed by atoms with Crippen molar-refractivity contribution in [2.24, 2.45) is 0 Å². The lowest BCUT2D eigenvalue weighted by atomic mass is 9.92. The summed E-state index contributed by atoms with van der Waals surface area (Å²) >= 11 is 12.6. The van der Waals surface area contributed by atoms with Crippen LogP contribution in [0.15, 0.2) is 54.6 Å². The van der Waals surface area contributed by atoms with Gasteiger partial charge in [-0.3, -0.25) is 4.79 Å². The van der Waals surface area contributed by atoms with Gasteiger partial charge in [0.25, 0.3) is 5.91 Å². The van der Waals surface area contributed by atoms with Crippen LogP contribution in [0.25, 0.3) is 16.9 Å². The molecule has 2 N–H and O–H groups in total. The third-order valence-electron chi connectivity index (χ3n) is 5.77. The average Bonchev–Trinajstić information content (AvgIpc) is 3.08. The van der Waals surface area contributed by atoms with Gasteiger partial charge < -0.3 is 15.0 Å². The molecule has 4 nitrogen and oxygen atoms in total. The SMILES string of the molecule is Cc1c(C(=O)NC2CCCCC2O)cc(-c2ccc(Cl)cc2)n1-c1ccccc1Cl. The van der Waals surface area contributed by atoms with Crippen molar-refractivity contribution in [1.29, 1.82) is 0 Å². The van der Waals surface area contributed by atoms with Gasteiger partial charge in [0.05, 0.1) is 34.1 Å². The average molecular weight is 443 g/mol. The van der Waals surface area contributed by atoms with E-state index in [0.29, 0.717) is 15.6 Å². The van der Waals surface area contributed by atoms with E-state index in [0.717, 1.165) is 48.3 Å². The van der Waals surface area contributed by atoms with Crippen molar-refractivity contribution in [1.82, 2.24) is 9.88 Å². The van der Waals surface area contributed by atoms with Gasteiger partial charge in [-0.05, 0) is 55.7 Å². The smallest absolute Gasteiger partial charge is 0.253 e. The van der Waals surface area contributed by atoms with Crippen LogP contribution < -0.4 is 5.32 Å². The molecular weight excluding hydrogens is 419 g/mol. The number of para-hydroxylation sites is 1. The van der Waals surface area contributed by atoms with Crippen molar-refractivity contribution in [3.05, 3.63) is 75.9 Å². The second kappa shape index (κ2) is 8.84. The highest BCUT2D eigenvalue weighted by Gasteiger charge is 2.27. The number of aromatic nitrogens is 1. The molecule has 2 unspecified atom stereocenters. The number of aliphatic hydroxyl groups is 1. The van der Waals surface area contributed by atoms with Gasteiger partial charge in [0.15, 0.2) is 0 Å². The van der Waals surface area contributed by atoms with E-state index in [1.54, 1.807) is 0 Å². The molecule has 1 heterocycles. The number of hydrogen-bond donors (Lipinski definition) is 2. The molecule has 1 amide bonds. The Hall–Kier alpha value is -2.27. The third kappa shape index (κ3) is 4.13. The second-order valence-corrected chi connectivity index (χ2v) is 8.60. The molecule has 30 heavy (non-hydrogen) atoms. The van der Waals surface area contributed by atoms with Gasteiger partial charge in [0, 0.05) is 10.7 Å². The van der Waals surface area contributed by atoms with Crippen LogP contribution in [-0.2, 0) is 0 Å².